The van der Waals surface area contributed by atoms with Gasteiger partial charge >= 0.3 is 11.3 Å². The predicted octanol–water partition coefficient (Wildman–Crippen LogP) is 5.18. The molecule has 0 spiro atoms. The number of rotatable bonds is 5. The van der Waals surface area contributed by atoms with E-state index in [1.54, 1.807) is 90.8 Å². The Balaban J connectivity index is 1.62. The molecule has 3 aromatic heterocycles. The molecule has 3 aromatic carbocycles. The van der Waals surface area contributed by atoms with Crippen molar-refractivity contribution in [1.29, 1.82) is 0 Å². The highest BCUT2D eigenvalue weighted by atomic mass is 35.5. The van der Waals surface area contributed by atoms with E-state index in [0.717, 1.165) is 5.39 Å². The number of benzene rings is 3. The van der Waals surface area contributed by atoms with Crippen LogP contribution < -0.4 is 20.9 Å². The Kier molecular flexibility index (Phi) is 6.26. The van der Waals surface area contributed by atoms with E-state index in [-0.39, 0.29) is 5.56 Å². The molecule has 0 saturated carbocycles. The second-order valence-corrected chi connectivity index (χ2v) is 9.81. The van der Waals surface area contributed by atoms with Crippen molar-refractivity contribution >= 4 is 39.6 Å². The van der Waals surface area contributed by atoms with Crippen molar-refractivity contribution in [3.8, 4) is 22.7 Å². The molecule has 39 heavy (non-hydrogen) atoms. The average molecular weight is 558 g/mol. The van der Waals surface area contributed by atoms with Crippen LogP contribution in [0.2, 0.25) is 5.02 Å². The van der Waals surface area contributed by atoms with E-state index in [1.165, 1.54) is 20.7 Å². The molecule has 194 valence electrons. The van der Waals surface area contributed by atoms with Gasteiger partial charge < -0.3 is 9.15 Å². The summed E-state index contributed by atoms with van der Waals surface area (Å²) in [4.78, 5) is 32.2. The number of fused-ring (bicyclic) bond motifs is 1. The number of ether oxygens (including phenoxy) is 1. The van der Waals surface area contributed by atoms with Gasteiger partial charge in [-0.2, -0.15) is 9.36 Å². The van der Waals surface area contributed by atoms with Gasteiger partial charge in [0.25, 0.3) is 0 Å². The van der Waals surface area contributed by atoms with E-state index < -0.39 is 11.3 Å². The monoisotopic (exact) mass is 557 g/mol. The third kappa shape index (κ3) is 4.49. The van der Waals surface area contributed by atoms with Crippen molar-refractivity contribution in [1.82, 2.24) is 19.1 Å². The minimum Gasteiger partial charge on any atom is -0.497 e. The van der Waals surface area contributed by atoms with Crippen molar-refractivity contribution in [3.05, 3.63) is 121 Å². The topological polar surface area (TPSA) is 96.6 Å². The highest BCUT2D eigenvalue weighted by Crippen LogP contribution is 2.23. The van der Waals surface area contributed by atoms with Crippen molar-refractivity contribution < 1.29 is 9.15 Å². The number of thiazole rings is 1. The van der Waals surface area contributed by atoms with Crippen LogP contribution in [0.4, 0.5) is 5.69 Å². The maximum Gasteiger partial charge on any atom is 0.370 e. The maximum atomic E-state index is 13.8. The maximum absolute atomic E-state index is 13.8. The molecule has 0 amide bonds. The van der Waals surface area contributed by atoms with Gasteiger partial charge in [0, 0.05) is 15.8 Å². The van der Waals surface area contributed by atoms with E-state index in [0.29, 0.717) is 44.0 Å². The number of hydrogen-bond acceptors (Lipinski definition) is 7. The summed E-state index contributed by atoms with van der Waals surface area (Å²) in [6.07, 6.45) is 0. The number of methoxy groups -OCH3 is 1. The first-order valence-corrected chi connectivity index (χ1v) is 13.1. The van der Waals surface area contributed by atoms with E-state index >= 15 is 0 Å². The summed E-state index contributed by atoms with van der Waals surface area (Å²) in [6, 6.07) is 23.0. The van der Waals surface area contributed by atoms with Gasteiger partial charge in [-0.05, 0) is 67.6 Å². The highest BCUT2D eigenvalue weighted by molar-refractivity contribution is 7.07. The third-order valence-electron chi connectivity index (χ3n) is 6.08. The Bertz CT molecular complexity index is 2020. The predicted molar refractivity (Wildman–Crippen MR) is 150 cm³/mol. The zero-order valence-corrected chi connectivity index (χ0v) is 22.3. The first kappa shape index (κ1) is 24.7. The summed E-state index contributed by atoms with van der Waals surface area (Å²) >= 11 is 7.33. The molecule has 11 heteroatoms. The first-order chi connectivity index (χ1) is 18.9. The normalized spacial score (nSPS) is 11.8. The lowest BCUT2D eigenvalue weighted by atomic mass is 10.1. The fourth-order valence-electron chi connectivity index (χ4n) is 4.20. The number of nitrogens with zero attached hydrogens (tertiary/aromatic N) is 5. The number of para-hydroxylation sites is 1. The molecule has 0 aliphatic carbocycles. The van der Waals surface area contributed by atoms with Gasteiger partial charge in [-0.15, -0.1) is 16.4 Å². The molecule has 0 unspecified atom stereocenters. The van der Waals surface area contributed by atoms with Gasteiger partial charge in [0.15, 0.2) is 5.82 Å². The second kappa shape index (κ2) is 9.90. The van der Waals surface area contributed by atoms with E-state index in [1.807, 2.05) is 12.1 Å². The lowest BCUT2D eigenvalue weighted by Crippen LogP contribution is -2.35. The third-order valence-corrected chi connectivity index (χ3v) is 7.15. The molecular weight excluding hydrogens is 538 g/mol. The molecule has 0 N–H and O–H groups in total. The van der Waals surface area contributed by atoms with Crippen LogP contribution in [0.3, 0.4) is 0 Å². The minimum atomic E-state index is -0.536. The van der Waals surface area contributed by atoms with Crippen LogP contribution >= 0.6 is 22.9 Å². The molecule has 0 aliphatic rings. The molecule has 9 nitrogen and oxygen atoms in total. The molecule has 0 radical (unpaired) electrons. The minimum absolute atomic E-state index is 0.283. The summed E-state index contributed by atoms with van der Waals surface area (Å²) in [6.45, 7) is 1.71. The van der Waals surface area contributed by atoms with E-state index in [9.17, 15) is 9.59 Å². The molecule has 0 aliphatic heterocycles. The van der Waals surface area contributed by atoms with Crippen LogP contribution in [-0.2, 0) is 0 Å². The fourth-order valence-corrected chi connectivity index (χ4v) is 5.21. The number of hydrogen-bond donors (Lipinski definition) is 0. The van der Waals surface area contributed by atoms with Crippen LogP contribution in [0, 0.1) is 6.92 Å². The van der Waals surface area contributed by atoms with Gasteiger partial charge in [-0.25, -0.2) is 19.3 Å². The lowest BCUT2D eigenvalue weighted by Gasteiger charge is -2.10. The van der Waals surface area contributed by atoms with Gasteiger partial charge in [0.2, 0.25) is 4.80 Å². The smallest absolute Gasteiger partial charge is 0.370 e. The molecule has 0 bridgehead atoms. The first-order valence-electron chi connectivity index (χ1n) is 11.8. The van der Waals surface area contributed by atoms with Crippen LogP contribution in [0.15, 0.2) is 103 Å². The van der Waals surface area contributed by atoms with E-state index in [2.05, 4.69) is 5.10 Å². The van der Waals surface area contributed by atoms with Crippen LogP contribution in [-0.4, -0.2) is 26.2 Å². The van der Waals surface area contributed by atoms with Crippen molar-refractivity contribution in [2.45, 2.75) is 6.92 Å². The Morgan fingerprint density at radius 3 is 2.46 bits per heavy atom. The zero-order valence-electron chi connectivity index (χ0n) is 20.7. The fraction of sp³-hybridized carbons (Fsp3) is 0.0714. The second-order valence-electron chi connectivity index (χ2n) is 8.54. The quantitative estimate of drug-likeness (QED) is 0.272. The molecule has 6 rings (SSSR count). The lowest BCUT2D eigenvalue weighted by molar-refractivity contribution is 0.414. The Morgan fingerprint density at radius 2 is 1.72 bits per heavy atom. The van der Waals surface area contributed by atoms with Crippen molar-refractivity contribution in [2.24, 2.45) is 4.99 Å². The number of aromatic nitrogens is 4. The van der Waals surface area contributed by atoms with Crippen molar-refractivity contribution in [3.63, 3.8) is 0 Å². The number of aryl methyl sites for hydroxylation is 1. The summed E-state index contributed by atoms with van der Waals surface area (Å²) in [5, 5.41) is 7.61. The number of halogens is 1. The molecule has 3 heterocycles. The summed E-state index contributed by atoms with van der Waals surface area (Å²) in [5.41, 5.74) is 1.39. The molecule has 0 saturated heterocycles. The van der Waals surface area contributed by atoms with E-state index in [4.69, 9.17) is 25.7 Å². The average Bonchev–Trinajstić information content (AvgIpc) is 3.48. The molecule has 6 aromatic rings. The van der Waals surface area contributed by atoms with Gasteiger partial charge in [-0.3, -0.25) is 0 Å². The van der Waals surface area contributed by atoms with Gasteiger partial charge in [0.1, 0.15) is 11.3 Å². The SMILES string of the molecule is COc1ccc(-n2nc(C)n(-n3c(-c4cc5ccccc5oc4=O)csc3=Nc3ccc(Cl)cc3)c2=O)cc1. The zero-order chi connectivity index (χ0) is 27.1. The van der Waals surface area contributed by atoms with Crippen LogP contribution in [0.5, 0.6) is 5.75 Å². The molecule has 0 fully saturated rings. The van der Waals surface area contributed by atoms with Crippen LogP contribution in [0.25, 0.3) is 27.9 Å². The van der Waals surface area contributed by atoms with Crippen LogP contribution in [0.1, 0.15) is 5.82 Å². The highest BCUT2D eigenvalue weighted by Gasteiger charge is 2.21. The van der Waals surface area contributed by atoms with Gasteiger partial charge in [-0.1, -0.05) is 29.8 Å². The molecule has 0 atom stereocenters. The largest absolute Gasteiger partial charge is 0.497 e. The summed E-state index contributed by atoms with van der Waals surface area (Å²) in [5.74, 6) is 1.04. The Labute approximate surface area is 230 Å². The van der Waals surface area contributed by atoms with Crippen molar-refractivity contribution in [2.75, 3.05) is 7.11 Å². The Morgan fingerprint density at radius 1 is 0.974 bits per heavy atom. The Hall–Kier alpha value is -4.67. The standard InChI is InChI=1S/C28H20ClN5O4S/c1-17-31-32(21-11-13-22(37-2)14-12-21)28(36)33(17)34-24(16-39-27(34)30-20-9-7-19(29)8-10-20)23-15-18-5-3-4-6-25(18)38-26(23)35/h3-16H,1-2H3. The summed E-state index contributed by atoms with van der Waals surface area (Å²) < 4.78 is 15.1. The summed E-state index contributed by atoms with van der Waals surface area (Å²) in [7, 11) is 1.57. The molecular formula is C28H20ClN5O4S. The van der Waals surface area contributed by atoms with Gasteiger partial charge in [0.05, 0.1) is 29.7 Å².